The van der Waals surface area contributed by atoms with E-state index in [4.69, 9.17) is 4.74 Å². The van der Waals surface area contributed by atoms with Crippen LogP contribution in [0.25, 0.3) is 0 Å². The highest BCUT2D eigenvalue weighted by Crippen LogP contribution is 2.16. The number of aliphatic carboxylic acids is 1. The molecular weight excluding hydrogens is 234 g/mol. The van der Waals surface area contributed by atoms with E-state index in [1.165, 1.54) is 4.90 Å². The first-order chi connectivity index (χ1) is 8.08. The number of carboxylic acid groups (broad SMARTS) is 1. The first-order valence-electron chi connectivity index (χ1n) is 6.31. The standard InChI is InChI=1S/C13H25NO4/c1-7-14(12(17)18-13(4,5)6)10(11(15)16)8-9(2)3/h9-10H,7-8H2,1-6H3,(H,15,16)/t10-/m0/s1. The van der Waals surface area contributed by atoms with Crippen LogP contribution in [-0.4, -0.2) is 40.3 Å². The third kappa shape index (κ3) is 5.89. The minimum absolute atomic E-state index is 0.197. The molecule has 0 saturated heterocycles. The Kier molecular flexibility index (Phi) is 6.15. The molecule has 1 amide bonds. The smallest absolute Gasteiger partial charge is 0.411 e. The summed E-state index contributed by atoms with van der Waals surface area (Å²) in [4.78, 5) is 24.5. The van der Waals surface area contributed by atoms with Gasteiger partial charge in [0, 0.05) is 6.54 Å². The van der Waals surface area contributed by atoms with Gasteiger partial charge in [-0.2, -0.15) is 0 Å². The molecule has 0 fully saturated rings. The zero-order valence-electron chi connectivity index (χ0n) is 12.2. The van der Waals surface area contributed by atoms with E-state index < -0.39 is 23.7 Å². The molecule has 0 radical (unpaired) electrons. The van der Waals surface area contributed by atoms with Crippen molar-refractivity contribution in [3.05, 3.63) is 0 Å². The Hall–Kier alpha value is -1.26. The van der Waals surface area contributed by atoms with Crippen molar-refractivity contribution in [3.8, 4) is 0 Å². The molecule has 0 aromatic carbocycles. The van der Waals surface area contributed by atoms with Crippen molar-refractivity contribution >= 4 is 12.1 Å². The Labute approximate surface area is 109 Å². The van der Waals surface area contributed by atoms with Gasteiger partial charge in [-0.1, -0.05) is 13.8 Å². The molecule has 0 unspecified atom stereocenters. The minimum atomic E-state index is -0.989. The van der Waals surface area contributed by atoms with Gasteiger partial charge in [0.2, 0.25) is 0 Å². The average Bonchev–Trinajstić information content (AvgIpc) is 2.13. The molecule has 0 aromatic heterocycles. The van der Waals surface area contributed by atoms with E-state index >= 15 is 0 Å². The lowest BCUT2D eigenvalue weighted by Gasteiger charge is -2.31. The van der Waals surface area contributed by atoms with E-state index in [9.17, 15) is 14.7 Å². The second-order valence-corrected chi connectivity index (χ2v) is 5.75. The van der Waals surface area contributed by atoms with Gasteiger partial charge in [-0.15, -0.1) is 0 Å². The van der Waals surface area contributed by atoms with Gasteiger partial charge >= 0.3 is 12.1 Å². The Bertz CT molecular complexity index is 294. The predicted octanol–water partition coefficient (Wildman–Crippen LogP) is 2.74. The van der Waals surface area contributed by atoms with Crippen LogP contribution in [0.3, 0.4) is 0 Å². The fourth-order valence-electron chi connectivity index (χ4n) is 1.61. The highest BCUT2D eigenvalue weighted by atomic mass is 16.6. The average molecular weight is 259 g/mol. The van der Waals surface area contributed by atoms with Crippen molar-refractivity contribution in [2.24, 2.45) is 5.92 Å². The van der Waals surface area contributed by atoms with Crippen LogP contribution >= 0.6 is 0 Å². The van der Waals surface area contributed by atoms with Crippen LogP contribution in [-0.2, 0) is 9.53 Å². The third-order valence-corrected chi connectivity index (χ3v) is 2.32. The van der Waals surface area contributed by atoms with E-state index in [0.29, 0.717) is 13.0 Å². The summed E-state index contributed by atoms with van der Waals surface area (Å²) in [6.07, 6.45) is -0.152. The maximum atomic E-state index is 12.0. The lowest BCUT2D eigenvalue weighted by molar-refractivity contribution is -0.143. The van der Waals surface area contributed by atoms with Crippen molar-refractivity contribution in [3.63, 3.8) is 0 Å². The van der Waals surface area contributed by atoms with Gasteiger partial charge in [-0.3, -0.25) is 4.90 Å². The van der Waals surface area contributed by atoms with Crippen LogP contribution in [0.5, 0.6) is 0 Å². The molecule has 0 bridgehead atoms. The lowest BCUT2D eigenvalue weighted by atomic mass is 10.0. The van der Waals surface area contributed by atoms with E-state index in [0.717, 1.165) is 0 Å². The van der Waals surface area contributed by atoms with Crippen LogP contribution in [0.4, 0.5) is 4.79 Å². The molecule has 1 atom stereocenters. The maximum absolute atomic E-state index is 12.0. The number of likely N-dealkylation sites (N-methyl/N-ethyl adjacent to an activating group) is 1. The van der Waals surface area contributed by atoms with Crippen molar-refractivity contribution in [2.45, 2.75) is 59.6 Å². The third-order valence-electron chi connectivity index (χ3n) is 2.32. The summed E-state index contributed by atoms with van der Waals surface area (Å²) < 4.78 is 5.23. The zero-order valence-corrected chi connectivity index (χ0v) is 12.2. The minimum Gasteiger partial charge on any atom is -0.480 e. The summed E-state index contributed by atoms with van der Waals surface area (Å²) in [5.74, 6) is -0.793. The van der Waals surface area contributed by atoms with E-state index in [2.05, 4.69) is 0 Å². The normalized spacial score (nSPS) is 13.3. The van der Waals surface area contributed by atoms with Crippen LogP contribution in [0, 0.1) is 5.92 Å². The number of carbonyl (C=O) groups is 2. The summed E-state index contributed by atoms with van der Waals surface area (Å²) in [5, 5.41) is 9.22. The highest BCUT2D eigenvalue weighted by Gasteiger charge is 2.32. The number of carboxylic acids is 1. The molecule has 18 heavy (non-hydrogen) atoms. The van der Waals surface area contributed by atoms with Crippen LogP contribution in [0.15, 0.2) is 0 Å². The molecule has 0 spiro atoms. The second kappa shape index (κ2) is 6.61. The first kappa shape index (κ1) is 16.7. The Morgan fingerprint density at radius 3 is 2.06 bits per heavy atom. The number of nitrogens with zero attached hydrogens (tertiary/aromatic N) is 1. The molecule has 0 aromatic rings. The van der Waals surface area contributed by atoms with Gasteiger partial charge < -0.3 is 9.84 Å². The molecule has 0 aliphatic carbocycles. The summed E-state index contributed by atoms with van der Waals surface area (Å²) >= 11 is 0. The second-order valence-electron chi connectivity index (χ2n) is 5.75. The summed E-state index contributed by atoms with van der Waals surface area (Å²) in [5.41, 5.74) is -0.620. The maximum Gasteiger partial charge on any atom is 0.411 e. The fraction of sp³-hybridized carbons (Fsp3) is 0.846. The van der Waals surface area contributed by atoms with Crippen molar-refractivity contribution in [1.82, 2.24) is 4.90 Å². The van der Waals surface area contributed by atoms with Gasteiger partial charge in [0.15, 0.2) is 0 Å². The van der Waals surface area contributed by atoms with Crippen molar-refractivity contribution in [1.29, 1.82) is 0 Å². The van der Waals surface area contributed by atoms with Crippen molar-refractivity contribution < 1.29 is 19.4 Å². The van der Waals surface area contributed by atoms with Gasteiger partial charge in [0.25, 0.3) is 0 Å². The monoisotopic (exact) mass is 259 g/mol. The number of hydrogen-bond acceptors (Lipinski definition) is 3. The largest absolute Gasteiger partial charge is 0.480 e. The zero-order chi connectivity index (χ0) is 14.5. The lowest BCUT2D eigenvalue weighted by Crippen LogP contribution is -2.47. The van der Waals surface area contributed by atoms with Gasteiger partial charge in [0.05, 0.1) is 0 Å². The van der Waals surface area contributed by atoms with Gasteiger partial charge in [-0.05, 0) is 40.0 Å². The molecule has 0 aliphatic heterocycles. The first-order valence-corrected chi connectivity index (χ1v) is 6.31. The Morgan fingerprint density at radius 1 is 1.28 bits per heavy atom. The fourth-order valence-corrected chi connectivity index (χ4v) is 1.61. The summed E-state index contributed by atoms with van der Waals surface area (Å²) in [6, 6.07) is -0.829. The number of ether oxygens (including phenoxy) is 1. The van der Waals surface area contributed by atoms with Crippen LogP contribution in [0.2, 0.25) is 0 Å². The molecule has 0 saturated carbocycles. The molecule has 106 valence electrons. The summed E-state index contributed by atoms with van der Waals surface area (Å²) in [6.45, 7) is 11.2. The molecule has 0 heterocycles. The van der Waals surface area contributed by atoms with E-state index in [-0.39, 0.29) is 5.92 Å². The van der Waals surface area contributed by atoms with Crippen LogP contribution < -0.4 is 0 Å². The SMILES string of the molecule is CCN(C(=O)OC(C)(C)C)[C@@H](CC(C)C)C(=O)O. The van der Waals surface area contributed by atoms with E-state index in [1.807, 2.05) is 13.8 Å². The quantitative estimate of drug-likeness (QED) is 0.824. The number of rotatable bonds is 5. The molecule has 0 aliphatic rings. The molecule has 0 rings (SSSR count). The molecule has 5 heteroatoms. The summed E-state index contributed by atoms with van der Waals surface area (Å²) in [7, 11) is 0. The molecule has 5 nitrogen and oxygen atoms in total. The Morgan fingerprint density at radius 2 is 1.78 bits per heavy atom. The number of hydrogen-bond donors (Lipinski definition) is 1. The highest BCUT2D eigenvalue weighted by molar-refractivity contribution is 5.80. The number of carbonyl (C=O) groups excluding carboxylic acids is 1. The predicted molar refractivity (Wildman–Crippen MR) is 69.5 cm³/mol. The van der Waals surface area contributed by atoms with E-state index in [1.54, 1.807) is 27.7 Å². The van der Waals surface area contributed by atoms with Gasteiger partial charge in [0.1, 0.15) is 11.6 Å². The number of amides is 1. The van der Waals surface area contributed by atoms with Crippen LogP contribution in [0.1, 0.15) is 48.0 Å². The molecular formula is C13H25NO4. The van der Waals surface area contributed by atoms with Crippen molar-refractivity contribution in [2.75, 3.05) is 6.54 Å². The molecule has 1 N–H and O–H groups in total. The van der Waals surface area contributed by atoms with Gasteiger partial charge in [-0.25, -0.2) is 9.59 Å². The Balaban J connectivity index is 4.90. The topological polar surface area (TPSA) is 66.8 Å².